The Balaban J connectivity index is 1.91. The fraction of sp³-hybridized carbons (Fsp3) is 0.654. The topological polar surface area (TPSA) is 58.6 Å². The highest BCUT2D eigenvalue weighted by Gasteiger charge is 2.05. The van der Waals surface area contributed by atoms with Crippen molar-refractivity contribution >= 4 is 5.91 Å². The lowest BCUT2D eigenvalue weighted by Gasteiger charge is -2.08. The Morgan fingerprint density at radius 1 is 0.933 bits per heavy atom. The molecule has 0 aliphatic heterocycles. The summed E-state index contributed by atoms with van der Waals surface area (Å²) in [5.41, 5.74) is 0.921. The number of phenolic OH excluding ortho intramolecular Hbond substituents is 1. The van der Waals surface area contributed by atoms with Crippen LogP contribution in [0.5, 0.6) is 11.5 Å². The zero-order chi connectivity index (χ0) is 21.9. The monoisotopic (exact) mass is 417 g/mol. The Kier molecular flexibility index (Phi) is 15.5. The summed E-state index contributed by atoms with van der Waals surface area (Å²) in [6.45, 7) is 2.71. The Bertz CT molecular complexity index is 598. The molecule has 0 heterocycles. The number of carbonyl (C=O) groups excluding carboxylic acids is 1. The van der Waals surface area contributed by atoms with Crippen LogP contribution in [0.25, 0.3) is 0 Å². The van der Waals surface area contributed by atoms with Gasteiger partial charge in [0, 0.05) is 13.0 Å². The third kappa shape index (κ3) is 13.3. The maximum absolute atomic E-state index is 12.0. The minimum absolute atomic E-state index is 0.0878. The Labute approximate surface area is 184 Å². The van der Waals surface area contributed by atoms with Gasteiger partial charge in [0.15, 0.2) is 11.5 Å². The van der Waals surface area contributed by atoms with Gasteiger partial charge in [-0.1, -0.05) is 76.5 Å². The van der Waals surface area contributed by atoms with Crippen molar-refractivity contribution in [3.8, 4) is 11.5 Å². The van der Waals surface area contributed by atoms with Crippen LogP contribution in [0.15, 0.2) is 30.4 Å². The first-order valence-electron chi connectivity index (χ1n) is 11.9. The lowest BCUT2D eigenvalue weighted by molar-refractivity contribution is -0.121. The highest BCUT2D eigenvalue weighted by Crippen LogP contribution is 2.26. The molecule has 0 unspecified atom stereocenters. The lowest BCUT2D eigenvalue weighted by Crippen LogP contribution is -2.22. The van der Waals surface area contributed by atoms with Crippen LogP contribution in [-0.4, -0.2) is 18.1 Å². The van der Waals surface area contributed by atoms with E-state index in [1.807, 2.05) is 0 Å². The highest BCUT2D eigenvalue weighted by molar-refractivity contribution is 5.75. The van der Waals surface area contributed by atoms with E-state index in [1.54, 1.807) is 18.2 Å². The quantitative estimate of drug-likeness (QED) is 0.199. The standard InChI is InChI=1S/C26H43NO3/c1-3-4-5-6-7-8-9-10-11-12-13-14-15-16-17-18-26(29)27-22-23-19-20-24(28)25(21-23)30-2/h7-8,19-21,28H,3-6,9-18,22H2,1-2H3,(H,27,29)/b8-7-. The Hall–Kier alpha value is -1.97. The molecule has 1 rings (SSSR count). The number of rotatable bonds is 18. The minimum atomic E-state index is 0.0878. The van der Waals surface area contributed by atoms with E-state index in [-0.39, 0.29) is 11.7 Å². The van der Waals surface area contributed by atoms with E-state index in [4.69, 9.17) is 4.74 Å². The van der Waals surface area contributed by atoms with Crippen LogP contribution in [0.2, 0.25) is 0 Å². The van der Waals surface area contributed by atoms with Gasteiger partial charge in [-0.2, -0.15) is 0 Å². The van der Waals surface area contributed by atoms with Gasteiger partial charge < -0.3 is 15.2 Å². The van der Waals surface area contributed by atoms with Gasteiger partial charge in [-0.3, -0.25) is 4.79 Å². The predicted molar refractivity (Wildman–Crippen MR) is 126 cm³/mol. The molecule has 1 aromatic carbocycles. The van der Waals surface area contributed by atoms with Crippen molar-refractivity contribution in [3.63, 3.8) is 0 Å². The summed E-state index contributed by atoms with van der Waals surface area (Å²) < 4.78 is 5.09. The number of carbonyl (C=O) groups is 1. The molecule has 0 radical (unpaired) electrons. The number of allylic oxidation sites excluding steroid dienone is 2. The summed E-state index contributed by atoms with van der Waals surface area (Å²) in [5.74, 6) is 0.632. The molecule has 0 bridgehead atoms. The molecular weight excluding hydrogens is 374 g/mol. The number of unbranched alkanes of at least 4 members (excludes halogenated alkanes) is 11. The summed E-state index contributed by atoms with van der Waals surface area (Å²) in [7, 11) is 1.52. The number of hydrogen-bond donors (Lipinski definition) is 2. The Morgan fingerprint density at radius 2 is 1.53 bits per heavy atom. The number of phenols is 1. The van der Waals surface area contributed by atoms with Crippen molar-refractivity contribution in [1.82, 2.24) is 5.32 Å². The van der Waals surface area contributed by atoms with E-state index < -0.39 is 0 Å². The first-order valence-corrected chi connectivity index (χ1v) is 11.9. The van der Waals surface area contributed by atoms with Gasteiger partial charge in [-0.25, -0.2) is 0 Å². The second-order valence-corrected chi connectivity index (χ2v) is 8.12. The largest absolute Gasteiger partial charge is 0.504 e. The Morgan fingerprint density at radius 3 is 2.17 bits per heavy atom. The zero-order valence-corrected chi connectivity index (χ0v) is 19.3. The fourth-order valence-corrected chi connectivity index (χ4v) is 3.48. The van der Waals surface area contributed by atoms with Crippen LogP contribution in [-0.2, 0) is 11.3 Å². The number of aromatic hydroxyl groups is 1. The number of nitrogens with one attached hydrogen (secondary N) is 1. The normalized spacial score (nSPS) is 11.1. The van der Waals surface area contributed by atoms with Crippen LogP contribution in [0.1, 0.15) is 102 Å². The van der Waals surface area contributed by atoms with Crippen molar-refractivity contribution in [2.24, 2.45) is 0 Å². The van der Waals surface area contributed by atoms with Gasteiger partial charge in [0.05, 0.1) is 7.11 Å². The lowest BCUT2D eigenvalue weighted by atomic mass is 10.1. The van der Waals surface area contributed by atoms with E-state index in [1.165, 1.54) is 77.7 Å². The van der Waals surface area contributed by atoms with Gasteiger partial charge in [0.25, 0.3) is 0 Å². The van der Waals surface area contributed by atoms with Crippen LogP contribution < -0.4 is 10.1 Å². The molecule has 0 atom stereocenters. The summed E-state index contributed by atoms with van der Waals surface area (Å²) in [6, 6.07) is 5.13. The number of amides is 1. The maximum Gasteiger partial charge on any atom is 0.220 e. The van der Waals surface area contributed by atoms with E-state index in [0.717, 1.165) is 18.4 Å². The molecule has 2 N–H and O–H groups in total. The second kappa shape index (κ2) is 17.9. The summed E-state index contributed by atoms with van der Waals surface area (Å²) in [5, 5.41) is 12.5. The third-order valence-electron chi connectivity index (χ3n) is 5.40. The molecule has 0 aliphatic rings. The van der Waals surface area contributed by atoms with Crippen LogP contribution >= 0.6 is 0 Å². The van der Waals surface area contributed by atoms with Gasteiger partial charge in [0.2, 0.25) is 5.91 Å². The van der Waals surface area contributed by atoms with Crippen LogP contribution in [0.4, 0.5) is 0 Å². The molecule has 0 aromatic heterocycles. The van der Waals surface area contributed by atoms with Crippen molar-refractivity contribution in [1.29, 1.82) is 0 Å². The zero-order valence-electron chi connectivity index (χ0n) is 19.3. The first kappa shape index (κ1) is 26.1. The van der Waals surface area contributed by atoms with Gasteiger partial charge in [-0.15, -0.1) is 0 Å². The highest BCUT2D eigenvalue weighted by atomic mass is 16.5. The molecule has 0 aliphatic carbocycles. The smallest absolute Gasteiger partial charge is 0.220 e. The predicted octanol–water partition coefficient (Wildman–Crippen LogP) is 7.05. The number of ether oxygens (including phenoxy) is 1. The van der Waals surface area contributed by atoms with Crippen molar-refractivity contribution in [3.05, 3.63) is 35.9 Å². The molecule has 170 valence electrons. The summed E-state index contributed by atoms with van der Waals surface area (Å²) >= 11 is 0. The molecule has 30 heavy (non-hydrogen) atoms. The average Bonchev–Trinajstić information content (AvgIpc) is 2.75. The van der Waals surface area contributed by atoms with Crippen LogP contribution in [0.3, 0.4) is 0 Å². The average molecular weight is 418 g/mol. The second-order valence-electron chi connectivity index (χ2n) is 8.12. The van der Waals surface area contributed by atoms with E-state index >= 15 is 0 Å². The molecular formula is C26H43NO3. The number of hydrogen-bond acceptors (Lipinski definition) is 3. The maximum atomic E-state index is 12.0. The van der Waals surface area contributed by atoms with Gasteiger partial charge in [-0.05, 0) is 49.8 Å². The van der Waals surface area contributed by atoms with Gasteiger partial charge >= 0.3 is 0 Å². The SMILES string of the molecule is CCCCC/C=C\CCCCCCCCCCC(=O)NCc1ccc(O)c(OC)c1. The van der Waals surface area contributed by atoms with Crippen molar-refractivity contribution in [2.45, 2.75) is 103 Å². The van der Waals surface area contributed by atoms with E-state index in [9.17, 15) is 9.90 Å². The van der Waals surface area contributed by atoms with E-state index in [2.05, 4.69) is 24.4 Å². The van der Waals surface area contributed by atoms with Crippen LogP contribution in [0, 0.1) is 0 Å². The molecule has 0 saturated heterocycles. The molecule has 1 amide bonds. The molecule has 0 saturated carbocycles. The third-order valence-corrected chi connectivity index (χ3v) is 5.40. The molecule has 0 spiro atoms. The molecule has 4 nitrogen and oxygen atoms in total. The van der Waals surface area contributed by atoms with Gasteiger partial charge in [0.1, 0.15) is 0 Å². The van der Waals surface area contributed by atoms with Crippen molar-refractivity contribution < 1.29 is 14.6 Å². The molecule has 4 heteroatoms. The molecule has 0 fully saturated rings. The fourth-order valence-electron chi connectivity index (χ4n) is 3.48. The molecule has 1 aromatic rings. The van der Waals surface area contributed by atoms with Crippen molar-refractivity contribution in [2.75, 3.05) is 7.11 Å². The summed E-state index contributed by atoms with van der Waals surface area (Å²) in [6.07, 6.45) is 21.7. The number of methoxy groups -OCH3 is 1. The summed E-state index contributed by atoms with van der Waals surface area (Å²) in [4.78, 5) is 12.0. The van der Waals surface area contributed by atoms with E-state index in [0.29, 0.717) is 18.7 Å². The minimum Gasteiger partial charge on any atom is -0.504 e. The number of benzene rings is 1. The first-order chi connectivity index (χ1) is 14.7.